The maximum atomic E-state index is 6.01. The molecule has 0 bridgehead atoms. The van der Waals surface area contributed by atoms with Gasteiger partial charge in [-0.2, -0.15) is 0 Å². The van der Waals surface area contributed by atoms with E-state index in [2.05, 4.69) is 50.5 Å². The summed E-state index contributed by atoms with van der Waals surface area (Å²) in [6, 6.07) is 14.1. The third-order valence-corrected chi connectivity index (χ3v) is 4.01. The lowest BCUT2D eigenvalue weighted by Crippen LogP contribution is -2.00. The van der Waals surface area contributed by atoms with E-state index in [4.69, 9.17) is 11.6 Å². The molecule has 2 aromatic carbocycles. The smallest absolute Gasteiger partial charge is 0.0502 e. The van der Waals surface area contributed by atoms with Gasteiger partial charge in [0.15, 0.2) is 0 Å². The maximum Gasteiger partial charge on any atom is 0.0502 e. The fourth-order valence-electron chi connectivity index (χ4n) is 2.13. The summed E-state index contributed by atoms with van der Waals surface area (Å²) in [5.74, 6) is 0. The van der Waals surface area contributed by atoms with E-state index >= 15 is 0 Å². The molecule has 4 heteroatoms. The highest BCUT2D eigenvalue weighted by molar-refractivity contribution is 9.10. The van der Waals surface area contributed by atoms with Gasteiger partial charge in [-0.15, -0.1) is 0 Å². The highest BCUT2D eigenvalue weighted by Gasteiger charge is 2.04. The summed E-state index contributed by atoms with van der Waals surface area (Å²) in [6.07, 6.45) is 1.96. The first kappa shape index (κ1) is 12.6. The summed E-state index contributed by atoms with van der Waals surface area (Å²) in [4.78, 5) is 3.22. The number of aromatic nitrogens is 1. The molecule has 0 saturated heterocycles. The summed E-state index contributed by atoms with van der Waals surface area (Å²) >= 11 is 9.53. The summed E-state index contributed by atoms with van der Waals surface area (Å²) in [5.41, 5.74) is 3.41. The van der Waals surface area contributed by atoms with Crippen LogP contribution in [0, 0.1) is 0 Å². The van der Waals surface area contributed by atoms with Gasteiger partial charge in [0.05, 0.1) is 5.69 Å². The van der Waals surface area contributed by atoms with E-state index in [1.54, 1.807) is 0 Å². The Morgan fingerprint density at radius 3 is 2.95 bits per heavy atom. The van der Waals surface area contributed by atoms with Gasteiger partial charge >= 0.3 is 0 Å². The highest BCUT2D eigenvalue weighted by Crippen LogP contribution is 2.27. The minimum atomic E-state index is 0.727. The summed E-state index contributed by atoms with van der Waals surface area (Å²) in [6.45, 7) is 0.758. The van der Waals surface area contributed by atoms with Gasteiger partial charge in [0.1, 0.15) is 0 Å². The van der Waals surface area contributed by atoms with Crippen LogP contribution in [0.4, 0.5) is 5.69 Å². The van der Waals surface area contributed by atoms with Crippen LogP contribution in [0.5, 0.6) is 0 Å². The van der Waals surface area contributed by atoms with Gasteiger partial charge in [0.2, 0.25) is 0 Å². The topological polar surface area (TPSA) is 27.8 Å². The molecule has 0 aliphatic heterocycles. The molecule has 3 aromatic rings. The van der Waals surface area contributed by atoms with E-state index in [9.17, 15) is 0 Å². The fraction of sp³-hybridized carbons (Fsp3) is 0.0667. The van der Waals surface area contributed by atoms with Gasteiger partial charge in [0, 0.05) is 33.1 Å². The molecule has 0 amide bonds. The molecule has 2 N–H and O–H groups in total. The van der Waals surface area contributed by atoms with Crippen LogP contribution < -0.4 is 5.32 Å². The number of hydrogen-bond acceptors (Lipinski definition) is 1. The van der Waals surface area contributed by atoms with Crippen LogP contribution in [-0.2, 0) is 6.54 Å². The SMILES string of the molecule is Clc1ccc(Br)c(NCc2cccc3[nH]ccc23)c1. The number of aromatic amines is 1. The molecular weight excluding hydrogens is 324 g/mol. The van der Waals surface area contributed by atoms with Gasteiger partial charge in [-0.05, 0) is 51.8 Å². The van der Waals surface area contributed by atoms with Gasteiger partial charge in [-0.3, -0.25) is 0 Å². The third kappa shape index (κ3) is 2.62. The lowest BCUT2D eigenvalue weighted by atomic mass is 10.1. The van der Waals surface area contributed by atoms with Crippen LogP contribution in [0.25, 0.3) is 10.9 Å². The number of anilines is 1. The van der Waals surface area contributed by atoms with Crippen molar-refractivity contribution in [1.29, 1.82) is 0 Å². The number of nitrogens with one attached hydrogen (secondary N) is 2. The molecule has 19 heavy (non-hydrogen) atoms. The van der Waals surface area contributed by atoms with E-state index in [0.29, 0.717) is 0 Å². The molecule has 0 aliphatic rings. The minimum Gasteiger partial charge on any atom is -0.380 e. The Labute approximate surface area is 124 Å². The quantitative estimate of drug-likeness (QED) is 0.677. The predicted molar refractivity (Wildman–Crippen MR) is 84.8 cm³/mol. The Morgan fingerprint density at radius 1 is 1.16 bits per heavy atom. The number of hydrogen-bond donors (Lipinski definition) is 2. The van der Waals surface area contributed by atoms with Gasteiger partial charge in [-0.25, -0.2) is 0 Å². The van der Waals surface area contributed by atoms with Gasteiger partial charge < -0.3 is 10.3 Å². The van der Waals surface area contributed by atoms with Crippen molar-refractivity contribution in [3.8, 4) is 0 Å². The van der Waals surface area contributed by atoms with E-state index in [-0.39, 0.29) is 0 Å². The molecule has 1 heterocycles. The van der Waals surface area contributed by atoms with E-state index < -0.39 is 0 Å². The van der Waals surface area contributed by atoms with E-state index in [1.165, 1.54) is 10.9 Å². The van der Waals surface area contributed by atoms with Crippen molar-refractivity contribution < 1.29 is 0 Å². The van der Waals surface area contributed by atoms with Crippen molar-refractivity contribution in [2.75, 3.05) is 5.32 Å². The van der Waals surface area contributed by atoms with Crippen LogP contribution in [0.1, 0.15) is 5.56 Å². The highest BCUT2D eigenvalue weighted by atomic mass is 79.9. The first-order chi connectivity index (χ1) is 9.24. The first-order valence-electron chi connectivity index (χ1n) is 5.98. The third-order valence-electron chi connectivity index (χ3n) is 3.08. The standard InChI is InChI=1S/C15H12BrClN2/c16-13-5-4-11(17)8-15(13)19-9-10-2-1-3-14-12(10)6-7-18-14/h1-8,18-19H,9H2. The van der Waals surface area contributed by atoms with Crippen LogP contribution in [0.3, 0.4) is 0 Å². The average molecular weight is 336 g/mol. The summed E-state index contributed by atoms with van der Waals surface area (Å²) in [7, 11) is 0. The predicted octanol–water partition coefficient (Wildman–Crippen LogP) is 5.20. The molecular formula is C15H12BrClN2. The van der Waals surface area contributed by atoms with Crippen molar-refractivity contribution in [2.45, 2.75) is 6.54 Å². The number of fused-ring (bicyclic) bond motifs is 1. The molecule has 0 spiro atoms. The Bertz CT molecular complexity index is 721. The van der Waals surface area contributed by atoms with Crippen LogP contribution in [-0.4, -0.2) is 4.98 Å². The molecule has 96 valence electrons. The second-order valence-electron chi connectivity index (χ2n) is 4.33. The van der Waals surface area contributed by atoms with Crippen molar-refractivity contribution in [2.24, 2.45) is 0 Å². The molecule has 0 unspecified atom stereocenters. The summed E-state index contributed by atoms with van der Waals surface area (Å²) in [5, 5.41) is 5.38. The zero-order valence-electron chi connectivity index (χ0n) is 10.1. The number of rotatable bonds is 3. The first-order valence-corrected chi connectivity index (χ1v) is 7.15. The van der Waals surface area contributed by atoms with Crippen molar-refractivity contribution in [1.82, 2.24) is 4.98 Å². The Kier molecular flexibility index (Phi) is 3.49. The molecule has 0 atom stereocenters. The van der Waals surface area contributed by atoms with Crippen molar-refractivity contribution in [3.05, 3.63) is 63.7 Å². The fourth-order valence-corrected chi connectivity index (χ4v) is 2.69. The molecule has 2 nitrogen and oxygen atoms in total. The molecule has 0 saturated carbocycles. The van der Waals surface area contributed by atoms with Crippen LogP contribution in [0.15, 0.2) is 53.1 Å². The van der Waals surface area contributed by atoms with E-state index in [0.717, 1.165) is 27.2 Å². The zero-order valence-corrected chi connectivity index (χ0v) is 12.4. The lowest BCUT2D eigenvalue weighted by molar-refractivity contribution is 1.16. The Hall–Kier alpha value is -1.45. The zero-order chi connectivity index (χ0) is 13.2. The van der Waals surface area contributed by atoms with Crippen molar-refractivity contribution >= 4 is 44.1 Å². The maximum absolute atomic E-state index is 6.01. The van der Waals surface area contributed by atoms with Crippen LogP contribution >= 0.6 is 27.5 Å². The molecule has 3 rings (SSSR count). The molecule has 0 radical (unpaired) electrons. The lowest BCUT2D eigenvalue weighted by Gasteiger charge is -2.10. The molecule has 0 aliphatic carbocycles. The number of H-pyrrole nitrogens is 1. The summed E-state index contributed by atoms with van der Waals surface area (Å²) < 4.78 is 1.01. The average Bonchev–Trinajstić information content (AvgIpc) is 2.88. The second kappa shape index (κ2) is 5.27. The molecule has 0 fully saturated rings. The van der Waals surface area contributed by atoms with Crippen LogP contribution in [0.2, 0.25) is 5.02 Å². The van der Waals surface area contributed by atoms with Gasteiger partial charge in [-0.1, -0.05) is 23.7 Å². The largest absolute Gasteiger partial charge is 0.380 e. The number of halogens is 2. The van der Waals surface area contributed by atoms with E-state index in [1.807, 2.05) is 24.4 Å². The Morgan fingerprint density at radius 2 is 2.05 bits per heavy atom. The normalized spacial score (nSPS) is 10.8. The number of benzene rings is 2. The second-order valence-corrected chi connectivity index (χ2v) is 5.62. The van der Waals surface area contributed by atoms with Crippen molar-refractivity contribution in [3.63, 3.8) is 0 Å². The molecule has 1 aromatic heterocycles. The Balaban J connectivity index is 1.86. The minimum absolute atomic E-state index is 0.727. The van der Waals surface area contributed by atoms with Gasteiger partial charge in [0.25, 0.3) is 0 Å². The monoisotopic (exact) mass is 334 g/mol.